The lowest BCUT2D eigenvalue weighted by atomic mass is 9.90. The van der Waals surface area contributed by atoms with Gasteiger partial charge in [-0.25, -0.2) is 0 Å². The smallest absolute Gasteiger partial charge is 0.308 e. The number of rotatable bonds is 5. The van der Waals surface area contributed by atoms with Crippen LogP contribution in [0.5, 0.6) is 0 Å². The lowest BCUT2D eigenvalue weighted by Gasteiger charge is -2.35. The summed E-state index contributed by atoms with van der Waals surface area (Å²) in [7, 11) is 0. The van der Waals surface area contributed by atoms with Crippen LogP contribution in [0, 0.1) is 11.8 Å². The van der Waals surface area contributed by atoms with E-state index in [1.807, 2.05) is 30.0 Å². The summed E-state index contributed by atoms with van der Waals surface area (Å²) in [6, 6.07) is 7.29. The zero-order chi connectivity index (χ0) is 19.4. The summed E-state index contributed by atoms with van der Waals surface area (Å²) >= 11 is 1.39. The standard InChI is InChI=1S/C20H26N2O4S/c1-14-10-15(20(25)26)12-22(11-14)19(24)16-6-2-3-7-17(16)27-13-18(23)21-8-4-5-9-21/h2-3,6-7,14-15H,4-5,8-13H2,1H3,(H,25,26). The fraction of sp³-hybridized carbons (Fsp3) is 0.550. The van der Waals surface area contributed by atoms with Crippen LogP contribution in [0.3, 0.4) is 0 Å². The van der Waals surface area contributed by atoms with Crippen LogP contribution in [0.1, 0.15) is 36.5 Å². The lowest BCUT2D eigenvalue weighted by Crippen LogP contribution is -2.45. The second-order valence-electron chi connectivity index (χ2n) is 7.46. The predicted molar refractivity (Wildman–Crippen MR) is 104 cm³/mol. The van der Waals surface area contributed by atoms with Crippen LogP contribution in [0.25, 0.3) is 0 Å². The van der Waals surface area contributed by atoms with Crippen molar-refractivity contribution in [1.82, 2.24) is 9.80 Å². The minimum atomic E-state index is -0.849. The Bertz CT molecular complexity index is 718. The highest BCUT2D eigenvalue weighted by molar-refractivity contribution is 8.00. The monoisotopic (exact) mass is 390 g/mol. The van der Waals surface area contributed by atoms with Gasteiger partial charge in [-0.3, -0.25) is 14.4 Å². The summed E-state index contributed by atoms with van der Waals surface area (Å²) in [4.78, 5) is 41.1. The van der Waals surface area contributed by atoms with Crippen molar-refractivity contribution in [2.75, 3.05) is 31.9 Å². The second kappa shape index (κ2) is 8.78. The van der Waals surface area contributed by atoms with Crippen LogP contribution < -0.4 is 0 Å². The zero-order valence-corrected chi connectivity index (χ0v) is 16.4. The average molecular weight is 391 g/mol. The number of likely N-dealkylation sites (tertiary alicyclic amines) is 2. The summed E-state index contributed by atoms with van der Waals surface area (Å²) in [6.07, 6.45) is 2.71. The molecular weight excluding hydrogens is 364 g/mol. The number of hydrogen-bond donors (Lipinski definition) is 1. The van der Waals surface area contributed by atoms with E-state index in [1.54, 1.807) is 11.0 Å². The number of hydrogen-bond acceptors (Lipinski definition) is 4. The molecule has 2 saturated heterocycles. The van der Waals surface area contributed by atoms with Gasteiger partial charge in [0, 0.05) is 31.1 Å². The maximum Gasteiger partial charge on any atom is 0.308 e. The van der Waals surface area contributed by atoms with E-state index in [-0.39, 0.29) is 24.3 Å². The Morgan fingerprint density at radius 3 is 2.52 bits per heavy atom. The van der Waals surface area contributed by atoms with E-state index in [0.29, 0.717) is 24.3 Å². The fourth-order valence-corrected chi connectivity index (χ4v) is 4.78. The number of aliphatic carboxylic acids is 1. The van der Waals surface area contributed by atoms with Gasteiger partial charge in [0.2, 0.25) is 5.91 Å². The molecule has 2 fully saturated rings. The number of carbonyl (C=O) groups is 3. The molecule has 146 valence electrons. The minimum absolute atomic E-state index is 0.109. The molecule has 0 aromatic heterocycles. The molecule has 1 N–H and O–H groups in total. The van der Waals surface area contributed by atoms with Crippen LogP contribution in [0.15, 0.2) is 29.2 Å². The highest BCUT2D eigenvalue weighted by Crippen LogP contribution is 2.28. The van der Waals surface area contributed by atoms with Crippen LogP contribution in [-0.2, 0) is 9.59 Å². The van der Waals surface area contributed by atoms with Gasteiger partial charge in [0.05, 0.1) is 17.2 Å². The maximum absolute atomic E-state index is 13.1. The molecule has 1 aromatic rings. The highest BCUT2D eigenvalue weighted by Gasteiger charge is 2.33. The van der Waals surface area contributed by atoms with Gasteiger partial charge in [0.15, 0.2) is 0 Å². The molecule has 7 heteroatoms. The first kappa shape index (κ1) is 19.7. The van der Waals surface area contributed by atoms with E-state index in [1.165, 1.54) is 11.8 Å². The van der Waals surface area contributed by atoms with Crippen LogP contribution in [0.2, 0.25) is 0 Å². The zero-order valence-electron chi connectivity index (χ0n) is 15.6. The molecule has 3 rings (SSSR count). The molecule has 27 heavy (non-hydrogen) atoms. The molecule has 2 atom stereocenters. The van der Waals surface area contributed by atoms with Gasteiger partial charge in [-0.15, -0.1) is 11.8 Å². The van der Waals surface area contributed by atoms with E-state index in [2.05, 4.69) is 0 Å². The normalized spacial score (nSPS) is 22.7. The van der Waals surface area contributed by atoms with Crippen molar-refractivity contribution in [1.29, 1.82) is 0 Å². The molecule has 1 aromatic carbocycles. The van der Waals surface area contributed by atoms with Gasteiger partial charge in [0.25, 0.3) is 5.91 Å². The molecule has 0 spiro atoms. The van der Waals surface area contributed by atoms with E-state index in [0.717, 1.165) is 30.8 Å². The van der Waals surface area contributed by atoms with Gasteiger partial charge < -0.3 is 14.9 Å². The van der Waals surface area contributed by atoms with Crippen molar-refractivity contribution in [3.63, 3.8) is 0 Å². The number of carboxylic acid groups (broad SMARTS) is 1. The second-order valence-corrected chi connectivity index (χ2v) is 8.48. The first-order chi connectivity index (χ1) is 13.0. The topological polar surface area (TPSA) is 77.9 Å². The Kier molecular flexibility index (Phi) is 6.42. The third-order valence-electron chi connectivity index (χ3n) is 5.22. The molecule has 6 nitrogen and oxygen atoms in total. The van der Waals surface area contributed by atoms with Crippen LogP contribution in [-0.4, -0.2) is 64.6 Å². The van der Waals surface area contributed by atoms with Crippen molar-refractivity contribution in [2.24, 2.45) is 11.8 Å². The molecule has 0 saturated carbocycles. The van der Waals surface area contributed by atoms with Crippen LogP contribution >= 0.6 is 11.8 Å². The SMILES string of the molecule is CC1CC(C(=O)O)CN(C(=O)c2ccccc2SCC(=O)N2CCCC2)C1. The van der Waals surface area contributed by atoms with Gasteiger partial charge in [0.1, 0.15) is 0 Å². The number of carbonyl (C=O) groups excluding carboxylic acids is 2. The molecule has 0 radical (unpaired) electrons. The number of benzene rings is 1. The van der Waals surface area contributed by atoms with Gasteiger partial charge in [-0.05, 0) is 37.3 Å². The fourth-order valence-electron chi connectivity index (χ4n) is 3.83. The molecule has 0 bridgehead atoms. The molecule has 0 aliphatic carbocycles. The van der Waals surface area contributed by atoms with Crippen molar-refractivity contribution in [3.05, 3.63) is 29.8 Å². The number of piperidine rings is 1. The van der Waals surface area contributed by atoms with E-state index < -0.39 is 11.9 Å². The van der Waals surface area contributed by atoms with Gasteiger partial charge >= 0.3 is 5.97 Å². The van der Waals surface area contributed by atoms with Gasteiger partial charge in [-0.1, -0.05) is 19.1 Å². The molecular formula is C20H26N2O4S. The number of carboxylic acids is 1. The summed E-state index contributed by atoms with van der Waals surface area (Å²) in [6.45, 7) is 4.42. The molecule has 2 amide bonds. The summed E-state index contributed by atoms with van der Waals surface area (Å²) < 4.78 is 0. The Balaban J connectivity index is 1.69. The first-order valence-corrected chi connectivity index (χ1v) is 10.5. The van der Waals surface area contributed by atoms with Gasteiger partial charge in [-0.2, -0.15) is 0 Å². The third kappa shape index (κ3) is 4.83. The number of thioether (sulfide) groups is 1. The Labute approximate surface area is 163 Å². The largest absolute Gasteiger partial charge is 0.481 e. The molecule has 2 aliphatic heterocycles. The molecule has 2 heterocycles. The van der Waals surface area contributed by atoms with Crippen LogP contribution in [0.4, 0.5) is 0 Å². The minimum Gasteiger partial charge on any atom is -0.481 e. The Hall–Kier alpha value is -2.02. The van der Waals surface area contributed by atoms with Crippen molar-refractivity contribution in [3.8, 4) is 0 Å². The quantitative estimate of drug-likeness (QED) is 0.782. The summed E-state index contributed by atoms with van der Waals surface area (Å²) in [5.74, 6) is -0.937. The summed E-state index contributed by atoms with van der Waals surface area (Å²) in [5, 5.41) is 9.35. The Morgan fingerprint density at radius 2 is 1.81 bits per heavy atom. The molecule has 2 unspecified atom stereocenters. The predicted octanol–water partition coefficient (Wildman–Crippen LogP) is 2.58. The number of amides is 2. The van der Waals surface area contributed by atoms with E-state index >= 15 is 0 Å². The highest BCUT2D eigenvalue weighted by atomic mass is 32.2. The lowest BCUT2D eigenvalue weighted by molar-refractivity contribution is -0.143. The Morgan fingerprint density at radius 1 is 1.11 bits per heavy atom. The average Bonchev–Trinajstić information content (AvgIpc) is 3.20. The van der Waals surface area contributed by atoms with Crippen molar-refractivity contribution < 1.29 is 19.5 Å². The van der Waals surface area contributed by atoms with E-state index in [4.69, 9.17) is 0 Å². The first-order valence-electron chi connectivity index (χ1n) is 9.47. The summed E-state index contributed by atoms with van der Waals surface area (Å²) in [5.41, 5.74) is 0.551. The van der Waals surface area contributed by atoms with Crippen molar-refractivity contribution in [2.45, 2.75) is 31.1 Å². The number of nitrogens with zero attached hydrogens (tertiary/aromatic N) is 2. The third-order valence-corrected chi connectivity index (χ3v) is 6.28. The van der Waals surface area contributed by atoms with E-state index in [9.17, 15) is 19.5 Å². The van der Waals surface area contributed by atoms with Crippen molar-refractivity contribution >= 4 is 29.5 Å². The molecule has 2 aliphatic rings. The maximum atomic E-state index is 13.1.